The maximum atomic E-state index is 14.1. The van der Waals surface area contributed by atoms with E-state index in [0.29, 0.717) is 31.7 Å². The van der Waals surface area contributed by atoms with Gasteiger partial charge in [-0.15, -0.1) is 0 Å². The van der Waals surface area contributed by atoms with Crippen molar-refractivity contribution >= 4 is 28.5 Å². The SMILES string of the molecule is CC(=O)NS(=O)c1cccc(-c2c(-c3ccc(F)cc3)nc(C(F)(F)F)nc2N2CCN(c3ccccn3)CC2)c1. The Morgan fingerprint density at radius 2 is 1.61 bits per heavy atom. The Hall–Kier alpha value is -4.39. The van der Waals surface area contributed by atoms with Gasteiger partial charge in [-0.05, 0) is 54.1 Å². The molecule has 212 valence electrons. The fourth-order valence-electron chi connectivity index (χ4n) is 4.53. The van der Waals surface area contributed by atoms with E-state index in [1.54, 1.807) is 29.3 Å². The molecule has 3 heterocycles. The number of nitrogens with one attached hydrogen (secondary N) is 1. The van der Waals surface area contributed by atoms with Gasteiger partial charge in [0.2, 0.25) is 11.7 Å². The van der Waals surface area contributed by atoms with Crippen LogP contribution in [0.3, 0.4) is 0 Å². The van der Waals surface area contributed by atoms with E-state index < -0.39 is 34.7 Å². The normalized spacial score (nSPS) is 14.6. The van der Waals surface area contributed by atoms with Crippen LogP contribution in [0.25, 0.3) is 22.4 Å². The fourth-order valence-corrected chi connectivity index (χ4v) is 5.35. The third-order valence-corrected chi connectivity index (χ3v) is 7.54. The van der Waals surface area contributed by atoms with Crippen LogP contribution < -0.4 is 14.5 Å². The van der Waals surface area contributed by atoms with Crippen LogP contribution in [0.15, 0.2) is 77.8 Å². The van der Waals surface area contributed by atoms with Crippen molar-refractivity contribution in [2.45, 2.75) is 18.0 Å². The van der Waals surface area contributed by atoms with Gasteiger partial charge in [0.1, 0.15) is 17.5 Å². The molecule has 0 bridgehead atoms. The molecule has 0 saturated carbocycles. The summed E-state index contributed by atoms with van der Waals surface area (Å²) in [5, 5.41) is 0. The van der Waals surface area contributed by atoms with E-state index in [0.717, 1.165) is 18.0 Å². The van der Waals surface area contributed by atoms with Gasteiger partial charge in [0.25, 0.3) is 0 Å². The second-order valence-electron chi connectivity index (χ2n) is 9.22. The van der Waals surface area contributed by atoms with E-state index in [4.69, 9.17) is 0 Å². The molecule has 1 amide bonds. The molecule has 41 heavy (non-hydrogen) atoms. The maximum absolute atomic E-state index is 14.1. The number of rotatable bonds is 6. The van der Waals surface area contributed by atoms with Crippen LogP contribution in [-0.2, 0) is 22.0 Å². The second kappa shape index (κ2) is 11.6. The number of nitrogens with zero attached hydrogens (tertiary/aromatic N) is 5. The van der Waals surface area contributed by atoms with E-state index in [1.807, 2.05) is 17.0 Å². The molecule has 1 aliphatic heterocycles. The first-order valence-corrected chi connectivity index (χ1v) is 13.7. The van der Waals surface area contributed by atoms with Gasteiger partial charge in [-0.2, -0.15) is 13.2 Å². The molecule has 4 aromatic rings. The smallest absolute Gasteiger partial charge is 0.353 e. The molecular formula is C28H24F4N6O2S. The minimum atomic E-state index is -4.85. The lowest BCUT2D eigenvalue weighted by molar-refractivity contribution is -0.144. The number of amides is 1. The van der Waals surface area contributed by atoms with Crippen molar-refractivity contribution in [3.63, 3.8) is 0 Å². The Bertz CT molecular complexity index is 1580. The number of carbonyl (C=O) groups is 1. The van der Waals surface area contributed by atoms with Gasteiger partial charge in [-0.3, -0.25) is 9.52 Å². The molecule has 5 rings (SSSR count). The summed E-state index contributed by atoms with van der Waals surface area (Å²) in [5.41, 5.74) is 0.835. The number of hydrogen-bond donors (Lipinski definition) is 1. The van der Waals surface area contributed by atoms with E-state index >= 15 is 0 Å². The highest BCUT2D eigenvalue weighted by Gasteiger charge is 2.38. The van der Waals surface area contributed by atoms with Crippen LogP contribution in [0.4, 0.5) is 29.2 Å². The summed E-state index contributed by atoms with van der Waals surface area (Å²) in [4.78, 5) is 27.8. The lowest BCUT2D eigenvalue weighted by Crippen LogP contribution is -2.47. The van der Waals surface area contributed by atoms with Crippen molar-refractivity contribution in [3.05, 3.63) is 84.6 Å². The zero-order valence-corrected chi connectivity index (χ0v) is 22.5. The molecule has 1 unspecified atom stereocenters. The fraction of sp³-hybridized carbons (Fsp3) is 0.214. The number of carbonyl (C=O) groups excluding carboxylic acids is 1. The van der Waals surface area contributed by atoms with Crippen molar-refractivity contribution in [1.29, 1.82) is 0 Å². The van der Waals surface area contributed by atoms with Crippen LogP contribution >= 0.6 is 0 Å². The summed E-state index contributed by atoms with van der Waals surface area (Å²) in [6.45, 7) is 2.83. The topological polar surface area (TPSA) is 91.3 Å². The summed E-state index contributed by atoms with van der Waals surface area (Å²) in [6.07, 6.45) is -3.18. The van der Waals surface area contributed by atoms with Gasteiger partial charge >= 0.3 is 6.18 Å². The standard InChI is InChI=1S/C28H24F4N6O2S/c1-18(39)36-41(40)22-6-4-5-20(17-22)24-25(19-8-10-21(29)11-9-19)34-27(28(30,31)32)35-26(24)38-15-13-37(14-16-38)23-7-2-3-12-33-23/h2-12,17H,13-16H2,1H3,(H,36,39). The number of halogens is 4. The molecule has 2 aromatic carbocycles. The summed E-state index contributed by atoms with van der Waals surface area (Å²) in [6, 6.07) is 16.8. The Morgan fingerprint density at radius 3 is 2.24 bits per heavy atom. The van der Waals surface area contributed by atoms with E-state index in [-0.39, 0.29) is 27.5 Å². The molecule has 2 aromatic heterocycles. The van der Waals surface area contributed by atoms with Gasteiger partial charge in [0.15, 0.2) is 11.0 Å². The van der Waals surface area contributed by atoms with Crippen molar-refractivity contribution in [3.8, 4) is 22.4 Å². The van der Waals surface area contributed by atoms with Gasteiger partial charge in [0, 0.05) is 44.9 Å². The van der Waals surface area contributed by atoms with Crippen LogP contribution in [-0.4, -0.2) is 51.2 Å². The number of anilines is 2. The lowest BCUT2D eigenvalue weighted by Gasteiger charge is -2.37. The molecule has 1 aliphatic rings. The molecule has 0 aliphatic carbocycles. The average Bonchev–Trinajstić information content (AvgIpc) is 2.97. The molecular weight excluding hydrogens is 560 g/mol. The largest absolute Gasteiger partial charge is 0.451 e. The third-order valence-electron chi connectivity index (χ3n) is 6.39. The van der Waals surface area contributed by atoms with Gasteiger partial charge < -0.3 is 9.80 Å². The highest BCUT2D eigenvalue weighted by atomic mass is 32.2. The van der Waals surface area contributed by atoms with Crippen molar-refractivity contribution < 1.29 is 26.6 Å². The Balaban J connectivity index is 1.66. The summed E-state index contributed by atoms with van der Waals surface area (Å²) in [7, 11) is -1.90. The van der Waals surface area contributed by atoms with E-state index in [1.165, 1.54) is 31.2 Å². The van der Waals surface area contributed by atoms with Gasteiger partial charge in [-0.25, -0.2) is 23.6 Å². The van der Waals surface area contributed by atoms with Crippen molar-refractivity contribution in [2.24, 2.45) is 0 Å². The number of aromatic nitrogens is 3. The maximum Gasteiger partial charge on any atom is 0.451 e. The monoisotopic (exact) mass is 584 g/mol. The number of benzene rings is 2. The number of hydrogen-bond acceptors (Lipinski definition) is 7. The number of piperazine rings is 1. The van der Waals surface area contributed by atoms with Crippen LogP contribution in [0.5, 0.6) is 0 Å². The molecule has 13 heteroatoms. The van der Waals surface area contributed by atoms with E-state index in [9.17, 15) is 26.6 Å². The van der Waals surface area contributed by atoms with Crippen LogP contribution in [0.1, 0.15) is 12.7 Å². The van der Waals surface area contributed by atoms with Crippen molar-refractivity contribution in [1.82, 2.24) is 19.7 Å². The van der Waals surface area contributed by atoms with E-state index in [2.05, 4.69) is 19.7 Å². The average molecular weight is 585 g/mol. The summed E-state index contributed by atoms with van der Waals surface area (Å²) >= 11 is 0. The minimum absolute atomic E-state index is 0.0368. The summed E-state index contributed by atoms with van der Waals surface area (Å²) in [5.74, 6) is -1.61. The Kier molecular flexibility index (Phi) is 7.97. The van der Waals surface area contributed by atoms with Crippen LogP contribution in [0, 0.1) is 5.82 Å². The first kappa shape index (κ1) is 28.1. The van der Waals surface area contributed by atoms with Gasteiger partial charge in [0.05, 0.1) is 16.2 Å². The van der Waals surface area contributed by atoms with Crippen LogP contribution in [0.2, 0.25) is 0 Å². The molecule has 1 N–H and O–H groups in total. The summed E-state index contributed by atoms with van der Waals surface area (Å²) < 4.78 is 71.1. The Morgan fingerprint density at radius 1 is 0.902 bits per heavy atom. The molecule has 8 nitrogen and oxygen atoms in total. The zero-order chi connectivity index (χ0) is 29.1. The third kappa shape index (κ3) is 6.35. The first-order chi connectivity index (χ1) is 19.6. The first-order valence-electron chi connectivity index (χ1n) is 12.6. The predicted octanol–water partition coefficient (Wildman–Crippen LogP) is 4.85. The number of pyridine rings is 1. The zero-order valence-electron chi connectivity index (χ0n) is 21.7. The second-order valence-corrected chi connectivity index (χ2v) is 10.4. The molecule has 1 atom stereocenters. The van der Waals surface area contributed by atoms with Crippen molar-refractivity contribution in [2.75, 3.05) is 36.0 Å². The Labute approximate surface area is 235 Å². The molecule has 0 radical (unpaired) electrons. The van der Waals surface area contributed by atoms with Gasteiger partial charge in [-0.1, -0.05) is 18.2 Å². The predicted molar refractivity (Wildman–Crippen MR) is 147 cm³/mol. The molecule has 0 spiro atoms. The lowest BCUT2D eigenvalue weighted by atomic mass is 9.98. The quantitative estimate of drug-likeness (QED) is 0.324. The highest BCUT2D eigenvalue weighted by Crippen LogP contribution is 2.41. The molecule has 1 saturated heterocycles. The number of alkyl halides is 3. The minimum Gasteiger partial charge on any atom is -0.353 e. The molecule has 1 fully saturated rings. The highest BCUT2D eigenvalue weighted by molar-refractivity contribution is 7.83.